The number of hydrogen-bond acceptors (Lipinski definition) is 3. The lowest BCUT2D eigenvalue weighted by Gasteiger charge is -2.23. The largest absolute Gasteiger partial charge is 0.497 e. The molecule has 0 saturated carbocycles. The molecule has 0 atom stereocenters. The van der Waals surface area contributed by atoms with Crippen molar-refractivity contribution in [3.05, 3.63) is 84.2 Å². The van der Waals surface area contributed by atoms with Gasteiger partial charge >= 0.3 is 0 Å². The summed E-state index contributed by atoms with van der Waals surface area (Å²) in [6, 6.07) is 15.0. The summed E-state index contributed by atoms with van der Waals surface area (Å²) in [4.78, 5) is 6.34. The van der Waals surface area contributed by atoms with E-state index in [9.17, 15) is 4.39 Å². The third-order valence-corrected chi connectivity index (χ3v) is 4.34. The third kappa shape index (κ3) is 5.17. The number of aromatic nitrogens is 2. The van der Waals surface area contributed by atoms with Gasteiger partial charge in [0.15, 0.2) is 0 Å². The van der Waals surface area contributed by atoms with Crippen LogP contribution in [0.1, 0.15) is 17.5 Å². The molecule has 0 spiro atoms. The molecule has 0 fully saturated rings. The highest BCUT2D eigenvalue weighted by atomic mass is 19.1. The van der Waals surface area contributed by atoms with Crippen molar-refractivity contribution < 1.29 is 9.13 Å². The minimum atomic E-state index is -0.155. The Morgan fingerprint density at radius 2 is 2.00 bits per heavy atom. The van der Waals surface area contributed by atoms with Gasteiger partial charge in [0.05, 0.1) is 13.4 Å². The van der Waals surface area contributed by atoms with Crippen LogP contribution in [0.15, 0.2) is 67.3 Å². The Bertz CT molecular complexity index is 805. The van der Waals surface area contributed by atoms with E-state index in [-0.39, 0.29) is 5.82 Å². The number of ether oxygens (including phenoxy) is 1. The predicted molar refractivity (Wildman–Crippen MR) is 100 cm³/mol. The molecule has 0 aliphatic heterocycles. The highest BCUT2D eigenvalue weighted by Crippen LogP contribution is 2.17. The van der Waals surface area contributed by atoms with Crippen molar-refractivity contribution in [2.75, 3.05) is 13.7 Å². The first-order valence-electron chi connectivity index (χ1n) is 8.79. The summed E-state index contributed by atoms with van der Waals surface area (Å²) < 4.78 is 21.5. The molecule has 0 aliphatic rings. The molecule has 3 aromatic rings. The summed E-state index contributed by atoms with van der Waals surface area (Å²) in [6.07, 6.45) is 6.54. The summed E-state index contributed by atoms with van der Waals surface area (Å²) in [5.41, 5.74) is 1.88. The SMILES string of the molecule is COc1cccc(CN(CCCn2ccnc2)Cc2ccccc2F)c1. The van der Waals surface area contributed by atoms with E-state index in [1.54, 1.807) is 19.4 Å². The van der Waals surface area contributed by atoms with Crippen LogP contribution in [0.3, 0.4) is 0 Å². The number of aryl methyl sites for hydroxylation is 1. The monoisotopic (exact) mass is 353 g/mol. The van der Waals surface area contributed by atoms with Gasteiger partial charge in [-0.25, -0.2) is 9.37 Å². The van der Waals surface area contributed by atoms with Crippen LogP contribution in [0.5, 0.6) is 5.75 Å². The van der Waals surface area contributed by atoms with Gasteiger partial charge in [-0.2, -0.15) is 0 Å². The molecule has 3 rings (SSSR count). The van der Waals surface area contributed by atoms with Crippen LogP contribution >= 0.6 is 0 Å². The van der Waals surface area contributed by atoms with Gasteiger partial charge < -0.3 is 9.30 Å². The molecule has 2 aromatic carbocycles. The molecule has 5 heteroatoms. The molecule has 1 heterocycles. The molecular weight excluding hydrogens is 329 g/mol. The van der Waals surface area contributed by atoms with Crippen LogP contribution in [-0.2, 0) is 19.6 Å². The quantitative estimate of drug-likeness (QED) is 0.580. The van der Waals surface area contributed by atoms with E-state index in [0.29, 0.717) is 6.54 Å². The maximum atomic E-state index is 14.1. The first-order chi connectivity index (χ1) is 12.7. The van der Waals surface area contributed by atoms with Gasteiger partial charge in [-0.05, 0) is 30.2 Å². The highest BCUT2D eigenvalue weighted by molar-refractivity contribution is 5.28. The Morgan fingerprint density at radius 1 is 1.12 bits per heavy atom. The fourth-order valence-corrected chi connectivity index (χ4v) is 3.01. The normalized spacial score (nSPS) is 11.0. The van der Waals surface area contributed by atoms with E-state index in [1.807, 2.05) is 42.9 Å². The van der Waals surface area contributed by atoms with E-state index >= 15 is 0 Å². The number of methoxy groups -OCH3 is 1. The minimum Gasteiger partial charge on any atom is -0.497 e. The Morgan fingerprint density at radius 3 is 2.77 bits per heavy atom. The number of benzene rings is 2. The zero-order valence-electron chi connectivity index (χ0n) is 15.0. The van der Waals surface area contributed by atoms with E-state index in [1.165, 1.54) is 6.07 Å². The standard InChI is InChI=1S/C21H24FN3O/c1-26-20-8-4-6-18(14-20)15-25(12-5-11-24-13-10-23-17-24)16-19-7-2-3-9-21(19)22/h2-4,6-10,13-14,17H,5,11-12,15-16H2,1H3. The first-order valence-corrected chi connectivity index (χ1v) is 8.79. The van der Waals surface area contributed by atoms with Crippen molar-refractivity contribution in [3.63, 3.8) is 0 Å². The second-order valence-electron chi connectivity index (χ2n) is 6.31. The zero-order chi connectivity index (χ0) is 18.2. The summed E-state index contributed by atoms with van der Waals surface area (Å²) in [7, 11) is 1.67. The maximum absolute atomic E-state index is 14.1. The average molecular weight is 353 g/mol. The Hall–Kier alpha value is -2.66. The van der Waals surface area contributed by atoms with Crippen molar-refractivity contribution in [3.8, 4) is 5.75 Å². The lowest BCUT2D eigenvalue weighted by molar-refractivity contribution is 0.245. The van der Waals surface area contributed by atoms with Gasteiger partial charge in [0.1, 0.15) is 11.6 Å². The molecule has 0 amide bonds. The lowest BCUT2D eigenvalue weighted by Crippen LogP contribution is -2.25. The van der Waals surface area contributed by atoms with Crippen LogP contribution in [0.4, 0.5) is 4.39 Å². The molecule has 1 aromatic heterocycles. The van der Waals surface area contributed by atoms with E-state index < -0.39 is 0 Å². The molecule has 0 radical (unpaired) electrons. The predicted octanol–water partition coefficient (Wildman–Crippen LogP) is 4.12. The Labute approximate surface area is 153 Å². The molecule has 4 nitrogen and oxygen atoms in total. The first kappa shape index (κ1) is 18.1. The minimum absolute atomic E-state index is 0.155. The molecule has 0 unspecified atom stereocenters. The fourth-order valence-electron chi connectivity index (χ4n) is 3.01. The molecule has 0 saturated heterocycles. The summed E-state index contributed by atoms with van der Waals surface area (Å²) in [5.74, 6) is 0.685. The van der Waals surface area contributed by atoms with Crippen LogP contribution in [0.2, 0.25) is 0 Å². The van der Waals surface area contributed by atoms with Crippen LogP contribution in [-0.4, -0.2) is 28.1 Å². The summed E-state index contributed by atoms with van der Waals surface area (Å²) in [5, 5.41) is 0. The van der Waals surface area contributed by atoms with Crippen LogP contribution in [0, 0.1) is 5.82 Å². The van der Waals surface area contributed by atoms with Crippen molar-refractivity contribution in [2.24, 2.45) is 0 Å². The number of nitrogens with zero attached hydrogens (tertiary/aromatic N) is 3. The van der Waals surface area contributed by atoms with Crippen molar-refractivity contribution in [1.82, 2.24) is 14.5 Å². The number of rotatable bonds is 9. The molecule has 0 N–H and O–H groups in total. The molecule has 26 heavy (non-hydrogen) atoms. The van der Waals surface area contributed by atoms with Crippen LogP contribution < -0.4 is 4.74 Å². The van der Waals surface area contributed by atoms with Gasteiger partial charge in [0.25, 0.3) is 0 Å². The summed E-state index contributed by atoms with van der Waals surface area (Å²) in [6.45, 7) is 3.08. The average Bonchev–Trinajstić information content (AvgIpc) is 3.17. The van der Waals surface area contributed by atoms with Crippen molar-refractivity contribution >= 4 is 0 Å². The smallest absolute Gasteiger partial charge is 0.127 e. The molecule has 0 bridgehead atoms. The Kier molecular flexibility index (Phi) is 6.39. The zero-order valence-corrected chi connectivity index (χ0v) is 15.0. The van der Waals surface area contributed by atoms with Crippen molar-refractivity contribution in [2.45, 2.75) is 26.1 Å². The lowest BCUT2D eigenvalue weighted by atomic mass is 10.1. The van der Waals surface area contributed by atoms with Crippen molar-refractivity contribution in [1.29, 1.82) is 0 Å². The number of hydrogen-bond donors (Lipinski definition) is 0. The second-order valence-corrected chi connectivity index (χ2v) is 6.31. The third-order valence-electron chi connectivity index (χ3n) is 4.34. The van der Waals surface area contributed by atoms with Gasteiger partial charge in [0.2, 0.25) is 0 Å². The molecule has 136 valence electrons. The van der Waals surface area contributed by atoms with Gasteiger partial charge in [-0.3, -0.25) is 4.90 Å². The fraction of sp³-hybridized carbons (Fsp3) is 0.286. The van der Waals surface area contributed by atoms with Gasteiger partial charge in [-0.15, -0.1) is 0 Å². The molecular formula is C21H24FN3O. The Balaban J connectivity index is 1.68. The topological polar surface area (TPSA) is 30.3 Å². The molecule has 0 aliphatic carbocycles. The maximum Gasteiger partial charge on any atom is 0.127 e. The summed E-state index contributed by atoms with van der Waals surface area (Å²) >= 11 is 0. The second kappa shape index (κ2) is 9.15. The van der Waals surface area contributed by atoms with E-state index in [2.05, 4.69) is 20.5 Å². The van der Waals surface area contributed by atoms with Gasteiger partial charge in [-0.1, -0.05) is 30.3 Å². The van der Waals surface area contributed by atoms with E-state index in [4.69, 9.17) is 4.74 Å². The van der Waals surface area contributed by atoms with E-state index in [0.717, 1.165) is 42.9 Å². The highest BCUT2D eigenvalue weighted by Gasteiger charge is 2.11. The van der Waals surface area contributed by atoms with Gasteiger partial charge in [0, 0.05) is 44.1 Å². The number of halogens is 1. The van der Waals surface area contributed by atoms with Crippen LogP contribution in [0.25, 0.3) is 0 Å². The number of imidazole rings is 1.